The number of aryl methyl sites for hydroxylation is 2. The Morgan fingerprint density at radius 3 is 2.60 bits per heavy atom. The van der Waals surface area contributed by atoms with Crippen molar-refractivity contribution in [3.8, 4) is 0 Å². The van der Waals surface area contributed by atoms with Crippen LogP contribution in [0, 0.1) is 19.3 Å². The van der Waals surface area contributed by atoms with Crippen LogP contribution in [0.3, 0.4) is 0 Å². The van der Waals surface area contributed by atoms with Gasteiger partial charge in [-0.1, -0.05) is 44.5 Å². The third kappa shape index (κ3) is 3.62. The highest BCUT2D eigenvalue weighted by Crippen LogP contribution is 2.25. The second kappa shape index (κ2) is 5.87. The Balaban J connectivity index is 2.12. The second-order valence-electron chi connectivity index (χ2n) is 7.54. The summed E-state index contributed by atoms with van der Waals surface area (Å²) >= 11 is 0. The maximum atomic E-state index is 3.71. The Morgan fingerprint density at radius 2 is 1.95 bits per heavy atom. The normalized spacial score (nSPS) is 24.9. The quantitative estimate of drug-likeness (QED) is 0.888. The number of rotatable bonds is 2. The van der Waals surface area contributed by atoms with Crippen LogP contribution in [0.4, 0.5) is 0 Å². The number of piperazine rings is 1. The number of benzene rings is 1. The van der Waals surface area contributed by atoms with Crippen LogP contribution in [-0.2, 0) is 6.54 Å². The molecule has 2 rings (SSSR count). The first-order valence-corrected chi connectivity index (χ1v) is 7.81. The lowest BCUT2D eigenvalue weighted by Gasteiger charge is -2.44. The van der Waals surface area contributed by atoms with Crippen molar-refractivity contribution in [2.24, 2.45) is 5.41 Å². The average molecular weight is 274 g/mol. The van der Waals surface area contributed by atoms with E-state index >= 15 is 0 Å². The molecule has 0 amide bonds. The summed E-state index contributed by atoms with van der Waals surface area (Å²) in [6.07, 6.45) is 0. The molecule has 2 heteroatoms. The number of nitrogens with one attached hydrogen (secondary N) is 1. The molecular formula is C18H30N2. The van der Waals surface area contributed by atoms with E-state index in [9.17, 15) is 0 Å². The zero-order valence-corrected chi connectivity index (χ0v) is 14.0. The minimum Gasteiger partial charge on any atom is -0.311 e. The van der Waals surface area contributed by atoms with Crippen LogP contribution in [-0.4, -0.2) is 30.1 Å². The predicted octanol–water partition coefficient (Wildman–Crippen LogP) is 3.51. The summed E-state index contributed by atoms with van der Waals surface area (Å²) in [5.41, 5.74) is 4.57. The van der Waals surface area contributed by atoms with E-state index in [1.165, 1.54) is 16.7 Å². The molecule has 1 aliphatic rings. The smallest absolute Gasteiger partial charge is 0.0244 e. The van der Waals surface area contributed by atoms with Gasteiger partial charge in [0.25, 0.3) is 0 Å². The SMILES string of the molecule is Cc1ccc(C)c(CN2CC(C(C)(C)C)NCC2C)c1. The molecule has 1 N–H and O–H groups in total. The third-order valence-electron chi connectivity index (χ3n) is 4.62. The lowest BCUT2D eigenvalue weighted by molar-refractivity contribution is 0.0876. The van der Waals surface area contributed by atoms with E-state index in [0.29, 0.717) is 17.5 Å². The number of nitrogens with zero attached hydrogens (tertiary/aromatic N) is 1. The Morgan fingerprint density at radius 1 is 1.25 bits per heavy atom. The van der Waals surface area contributed by atoms with Crippen LogP contribution in [0.25, 0.3) is 0 Å². The molecule has 1 aromatic carbocycles. The van der Waals surface area contributed by atoms with Gasteiger partial charge in [-0.25, -0.2) is 0 Å². The van der Waals surface area contributed by atoms with Gasteiger partial charge in [-0.3, -0.25) is 4.90 Å². The van der Waals surface area contributed by atoms with Crippen LogP contribution < -0.4 is 5.32 Å². The highest BCUT2D eigenvalue weighted by molar-refractivity contribution is 5.30. The summed E-state index contributed by atoms with van der Waals surface area (Å²) in [6.45, 7) is 17.0. The molecule has 0 spiro atoms. The van der Waals surface area contributed by atoms with Crippen molar-refractivity contribution in [2.45, 2.75) is 60.2 Å². The van der Waals surface area contributed by atoms with Crippen LogP contribution in [0.15, 0.2) is 18.2 Å². The molecule has 1 aromatic rings. The van der Waals surface area contributed by atoms with Gasteiger partial charge in [-0.2, -0.15) is 0 Å². The molecule has 20 heavy (non-hydrogen) atoms. The van der Waals surface area contributed by atoms with E-state index in [1.54, 1.807) is 0 Å². The van der Waals surface area contributed by atoms with Gasteiger partial charge in [0.2, 0.25) is 0 Å². The Kier molecular flexibility index (Phi) is 4.55. The maximum Gasteiger partial charge on any atom is 0.0244 e. The highest BCUT2D eigenvalue weighted by atomic mass is 15.2. The van der Waals surface area contributed by atoms with Crippen molar-refractivity contribution in [1.29, 1.82) is 0 Å². The van der Waals surface area contributed by atoms with E-state index < -0.39 is 0 Å². The lowest BCUT2D eigenvalue weighted by Crippen LogP contribution is -2.59. The summed E-state index contributed by atoms with van der Waals surface area (Å²) in [6, 6.07) is 7.98. The molecule has 2 unspecified atom stereocenters. The zero-order chi connectivity index (χ0) is 14.9. The zero-order valence-electron chi connectivity index (χ0n) is 14.0. The van der Waals surface area contributed by atoms with Gasteiger partial charge in [0, 0.05) is 31.7 Å². The van der Waals surface area contributed by atoms with Crippen LogP contribution >= 0.6 is 0 Å². The molecule has 0 aromatic heterocycles. The molecule has 112 valence electrons. The number of hydrogen-bond donors (Lipinski definition) is 1. The first kappa shape index (κ1) is 15.5. The molecule has 1 fully saturated rings. The van der Waals surface area contributed by atoms with Gasteiger partial charge < -0.3 is 5.32 Å². The second-order valence-corrected chi connectivity index (χ2v) is 7.54. The van der Waals surface area contributed by atoms with Gasteiger partial charge in [-0.05, 0) is 37.3 Å². The molecule has 2 nitrogen and oxygen atoms in total. The fraction of sp³-hybridized carbons (Fsp3) is 0.667. The van der Waals surface area contributed by atoms with Crippen LogP contribution in [0.2, 0.25) is 0 Å². The molecule has 0 bridgehead atoms. The van der Waals surface area contributed by atoms with Crippen molar-refractivity contribution in [3.63, 3.8) is 0 Å². The summed E-state index contributed by atoms with van der Waals surface area (Å²) in [4.78, 5) is 2.63. The first-order chi connectivity index (χ1) is 9.27. The maximum absolute atomic E-state index is 3.71. The molecule has 0 saturated carbocycles. The fourth-order valence-electron chi connectivity index (χ4n) is 2.91. The lowest BCUT2D eigenvalue weighted by atomic mass is 9.84. The van der Waals surface area contributed by atoms with Crippen molar-refractivity contribution < 1.29 is 0 Å². The van der Waals surface area contributed by atoms with Gasteiger partial charge in [-0.15, -0.1) is 0 Å². The standard InChI is InChI=1S/C18H30N2/c1-13-7-8-14(2)16(9-13)11-20-12-17(18(4,5)6)19-10-15(20)3/h7-9,15,17,19H,10-12H2,1-6H3. The fourth-order valence-corrected chi connectivity index (χ4v) is 2.91. The van der Waals surface area contributed by atoms with E-state index in [4.69, 9.17) is 0 Å². The van der Waals surface area contributed by atoms with E-state index in [1.807, 2.05) is 0 Å². The molecule has 2 atom stereocenters. The molecule has 1 heterocycles. The molecule has 1 aliphatic heterocycles. The minimum atomic E-state index is 0.319. The highest BCUT2D eigenvalue weighted by Gasteiger charge is 2.32. The summed E-state index contributed by atoms with van der Waals surface area (Å²) in [5.74, 6) is 0. The van der Waals surface area contributed by atoms with E-state index in [2.05, 4.69) is 70.0 Å². The van der Waals surface area contributed by atoms with Gasteiger partial charge in [0.15, 0.2) is 0 Å². The topological polar surface area (TPSA) is 15.3 Å². The van der Waals surface area contributed by atoms with Gasteiger partial charge in [0.1, 0.15) is 0 Å². The summed E-state index contributed by atoms with van der Waals surface area (Å²) < 4.78 is 0. The van der Waals surface area contributed by atoms with Crippen molar-refractivity contribution in [2.75, 3.05) is 13.1 Å². The molecule has 0 aliphatic carbocycles. The first-order valence-electron chi connectivity index (χ1n) is 7.81. The Labute approximate surface area is 124 Å². The van der Waals surface area contributed by atoms with Crippen molar-refractivity contribution in [1.82, 2.24) is 10.2 Å². The minimum absolute atomic E-state index is 0.319. The summed E-state index contributed by atoms with van der Waals surface area (Å²) in [7, 11) is 0. The predicted molar refractivity (Wildman–Crippen MR) is 87.0 cm³/mol. The van der Waals surface area contributed by atoms with Gasteiger partial charge >= 0.3 is 0 Å². The van der Waals surface area contributed by atoms with Crippen molar-refractivity contribution in [3.05, 3.63) is 34.9 Å². The van der Waals surface area contributed by atoms with Crippen LogP contribution in [0.5, 0.6) is 0 Å². The molecule has 0 radical (unpaired) electrons. The Bertz CT molecular complexity index is 459. The molecule has 1 saturated heterocycles. The van der Waals surface area contributed by atoms with Gasteiger partial charge in [0.05, 0.1) is 0 Å². The monoisotopic (exact) mass is 274 g/mol. The van der Waals surface area contributed by atoms with Crippen molar-refractivity contribution >= 4 is 0 Å². The molecular weight excluding hydrogens is 244 g/mol. The van der Waals surface area contributed by atoms with Crippen LogP contribution in [0.1, 0.15) is 44.4 Å². The third-order valence-corrected chi connectivity index (χ3v) is 4.62. The Hall–Kier alpha value is -0.860. The number of hydrogen-bond acceptors (Lipinski definition) is 2. The van der Waals surface area contributed by atoms with E-state index in [-0.39, 0.29) is 0 Å². The van der Waals surface area contributed by atoms with E-state index in [0.717, 1.165) is 19.6 Å². The average Bonchev–Trinajstić information content (AvgIpc) is 2.35. The largest absolute Gasteiger partial charge is 0.311 e. The summed E-state index contributed by atoms with van der Waals surface area (Å²) in [5, 5.41) is 3.71.